The van der Waals surface area contributed by atoms with E-state index >= 15 is 0 Å². The molecular weight excluding hydrogens is 360 g/mol. The summed E-state index contributed by atoms with van der Waals surface area (Å²) in [4.78, 5) is 16.0. The fourth-order valence-corrected chi connectivity index (χ4v) is 3.24. The van der Waals surface area contributed by atoms with Crippen LogP contribution < -0.4 is 15.2 Å². The second-order valence-electron chi connectivity index (χ2n) is 5.70. The lowest BCUT2D eigenvalue weighted by atomic mass is 10.1. The van der Waals surface area contributed by atoms with Gasteiger partial charge in [-0.3, -0.25) is 4.79 Å². The first-order chi connectivity index (χ1) is 13.2. The molecule has 2 aromatic carbocycles. The molecule has 27 heavy (non-hydrogen) atoms. The number of allylic oxidation sites excluding steroid dienone is 1. The van der Waals surface area contributed by atoms with Gasteiger partial charge in [0.2, 0.25) is 0 Å². The third-order valence-electron chi connectivity index (χ3n) is 3.78. The molecule has 0 unspecified atom stereocenters. The summed E-state index contributed by atoms with van der Waals surface area (Å²) in [6, 6.07) is 15.4. The molecule has 1 aliphatic rings. The largest absolute Gasteiger partial charge is 0.490 e. The number of thioether (sulfide) groups is 1. The van der Waals surface area contributed by atoms with E-state index in [0.717, 1.165) is 35.1 Å². The SMILES string of the molecule is C=CCc1ccccc1OCCOc1ccccc1/C=C1/SC(N)=NC1=O. The first-order valence-electron chi connectivity index (χ1n) is 8.49. The van der Waals surface area contributed by atoms with Crippen molar-refractivity contribution >= 4 is 28.9 Å². The molecule has 1 heterocycles. The number of nitrogens with two attached hydrogens (primary N) is 1. The van der Waals surface area contributed by atoms with E-state index in [1.807, 2.05) is 54.6 Å². The maximum atomic E-state index is 11.8. The highest BCUT2D eigenvalue weighted by Gasteiger charge is 2.20. The van der Waals surface area contributed by atoms with Crippen molar-refractivity contribution in [3.05, 3.63) is 77.2 Å². The summed E-state index contributed by atoms with van der Waals surface area (Å²) in [7, 11) is 0. The van der Waals surface area contributed by atoms with Gasteiger partial charge in [-0.25, -0.2) is 0 Å². The molecule has 0 atom stereocenters. The van der Waals surface area contributed by atoms with Gasteiger partial charge in [0.05, 0.1) is 4.91 Å². The number of carbonyl (C=O) groups is 1. The lowest BCUT2D eigenvalue weighted by Gasteiger charge is -2.12. The molecule has 0 aromatic heterocycles. The Bertz CT molecular complexity index is 906. The van der Waals surface area contributed by atoms with Crippen molar-refractivity contribution in [2.75, 3.05) is 13.2 Å². The lowest BCUT2D eigenvalue weighted by molar-refractivity contribution is -0.113. The highest BCUT2D eigenvalue weighted by molar-refractivity contribution is 8.18. The molecule has 0 aliphatic carbocycles. The number of carbonyl (C=O) groups excluding carboxylic acids is 1. The summed E-state index contributed by atoms with van der Waals surface area (Å²) in [5, 5.41) is 0.260. The van der Waals surface area contributed by atoms with Gasteiger partial charge in [0.1, 0.15) is 24.7 Å². The average Bonchev–Trinajstić information content (AvgIpc) is 2.98. The molecule has 2 aromatic rings. The topological polar surface area (TPSA) is 73.9 Å². The molecule has 0 saturated heterocycles. The number of hydrogen-bond donors (Lipinski definition) is 1. The van der Waals surface area contributed by atoms with Crippen molar-refractivity contribution in [3.8, 4) is 11.5 Å². The summed E-state index contributed by atoms with van der Waals surface area (Å²) in [5.41, 5.74) is 7.48. The van der Waals surface area contributed by atoms with Crippen LogP contribution in [0.2, 0.25) is 0 Å². The van der Waals surface area contributed by atoms with E-state index in [1.165, 1.54) is 0 Å². The third kappa shape index (κ3) is 5.01. The van der Waals surface area contributed by atoms with Crippen LogP contribution in [-0.4, -0.2) is 24.3 Å². The van der Waals surface area contributed by atoms with Gasteiger partial charge in [-0.2, -0.15) is 4.99 Å². The molecule has 2 N–H and O–H groups in total. The van der Waals surface area contributed by atoms with Crippen LogP contribution in [-0.2, 0) is 11.2 Å². The molecule has 138 valence electrons. The molecule has 5 nitrogen and oxygen atoms in total. The molecule has 1 amide bonds. The molecule has 0 spiro atoms. The van der Waals surface area contributed by atoms with Gasteiger partial charge in [0, 0.05) is 5.56 Å². The van der Waals surface area contributed by atoms with Crippen molar-refractivity contribution in [1.82, 2.24) is 0 Å². The standard InChI is InChI=1S/C21H20N2O3S/c1-2-7-15-8-3-5-10-17(15)25-12-13-26-18-11-6-4-9-16(18)14-19-20(24)23-21(22)27-19/h2-6,8-11,14H,1,7,12-13H2,(H2,22,23,24)/b19-14+. The number of hydrogen-bond acceptors (Lipinski definition) is 5. The summed E-state index contributed by atoms with van der Waals surface area (Å²) < 4.78 is 11.7. The number of rotatable bonds is 8. The predicted molar refractivity (Wildman–Crippen MR) is 110 cm³/mol. The number of ether oxygens (including phenoxy) is 2. The van der Waals surface area contributed by atoms with Crippen LogP contribution in [0.4, 0.5) is 0 Å². The Morgan fingerprint density at radius 2 is 1.70 bits per heavy atom. The Morgan fingerprint density at radius 1 is 1.04 bits per heavy atom. The van der Waals surface area contributed by atoms with Gasteiger partial charge in [-0.1, -0.05) is 42.5 Å². The Kier molecular flexibility index (Phi) is 6.33. The molecule has 0 saturated carbocycles. The zero-order valence-electron chi connectivity index (χ0n) is 14.8. The van der Waals surface area contributed by atoms with Crippen LogP contribution in [0.15, 0.2) is 71.1 Å². The fourth-order valence-electron chi connectivity index (χ4n) is 2.57. The van der Waals surface area contributed by atoms with Crippen molar-refractivity contribution in [1.29, 1.82) is 0 Å². The zero-order valence-corrected chi connectivity index (χ0v) is 15.6. The molecule has 0 fully saturated rings. The Morgan fingerprint density at radius 3 is 2.41 bits per heavy atom. The van der Waals surface area contributed by atoms with E-state index in [4.69, 9.17) is 15.2 Å². The first-order valence-corrected chi connectivity index (χ1v) is 9.30. The molecule has 3 rings (SSSR count). The van der Waals surface area contributed by atoms with Crippen molar-refractivity contribution in [2.24, 2.45) is 10.7 Å². The van der Waals surface area contributed by atoms with Gasteiger partial charge in [0.25, 0.3) is 5.91 Å². The van der Waals surface area contributed by atoms with Crippen LogP contribution in [0.25, 0.3) is 6.08 Å². The van der Waals surface area contributed by atoms with E-state index in [9.17, 15) is 4.79 Å². The van der Waals surface area contributed by atoms with Crippen LogP contribution in [0.1, 0.15) is 11.1 Å². The molecule has 0 radical (unpaired) electrons. The number of amides is 1. The first kappa shape index (κ1) is 18.8. The van der Waals surface area contributed by atoms with Gasteiger partial charge in [-0.05, 0) is 42.0 Å². The van der Waals surface area contributed by atoms with Gasteiger partial charge in [-0.15, -0.1) is 6.58 Å². The number of amidine groups is 1. The summed E-state index contributed by atoms with van der Waals surface area (Å²) in [6.07, 6.45) is 4.34. The Balaban J connectivity index is 1.60. The monoisotopic (exact) mass is 380 g/mol. The second-order valence-corrected chi connectivity index (χ2v) is 6.76. The molecule has 1 aliphatic heterocycles. The van der Waals surface area contributed by atoms with Crippen LogP contribution in [0.5, 0.6) is 11.5 Å². The van der Waals surface area contributed by atoms with Crippen LogP contribution in [0, 0.1) is 0 Å². The maximum Gasteiger partial charge on any atom is 0.286 e. The predicted octanol–water partition coefficient (Wildman–Crippen LogP) is 3.80. The smallest absolute Gasteiger partial charge is 0.286 e. The number of aliphatic imine (C=N–C) groups is 1. The Hall–Kier alpha value is -2.99. The second kappa shape index (κ2) is 9.09. The Labute approximate surface area is 162 Å². The van der Waals surface area contributed by atoms with Crippen LogP contribution in [0.3, 0.4) is 0 Å². The highest BCUT2D eigenvalue weighted by atomic mass is 32.2. The summed E-state index contributed by atoms with van der Waals surface area (Å²) in [5.74, 6) is 1.18. The molecule has 0 bridgehead atoms. The van der Waals surface area contributed by atoms with Crippen molar-refractivity contribution in [2.45, 2.75) is 6.42 Å². The van der Waals surface area contributed by atoms with Gasteiger partial charge in [0.15, 0.2) is 5.17 Å². The molecular formula is C21H20N2O3S. The maximum absolute atomic E-state index is 11.8. The van der Waals surface area contributed by atoms with Crippen molar-refractivity contribution < 1.29 is 14.3 Å². The molecule has 6 heteroatoms. The van der Waals surface area contributed by atoms with E-state index in [-0.39, 0.29) is 11.1 Å². The van der Waals surface area contributed by atoms with Crippen molar-refractivity contribution in [3.63, 3.8) is 0 Å². The highest BCUT2D eigenvalue weighted by Crippen LogP contribution is 2.29. The quantitative estimate of drug-likeness (QED) is 0.428. The minimum absolute atomic E-state index is 0.260. The fraction of sp³-hybridized carbons (Fsp3) is 0.143. The van der Waals surface area contributed by atoms with E-state index in [1.54, 1.807) is 6.08 Å². The third-order valence-corrected chi connectivity index (χ3v) is 4.59. The number of benzene rings is 2. The number of para-hydroxylation sites is 2. The zero-order chi connectivity index (χ0) is 19.1. The van der Waals surface area contributed by atoms with Gasteiger partial charge < -0.3 is 15.2 Å². The van der Waals surface area contributed by atoms with Gasteiger partial charge >= 0.3 is 0 Å². The summed E-state index contributed by atoms with van der Waals surface area (Å²) in [6.45, 7) is 4.55. The normalized spacial score (nSPS) is 14.9. The minimum atomic E-state index is -0.325. The lowest BCUT2D eigenvalue weighted by Crippen LogP contribution is -2.10. The van der Waals surface area contributed by atoms with E-state index in [2.05, 4.69) is 11.6 Å². The van der Waals surface area contributed by atoms with E-state index < -0.39 is 0 Å². The van der Waals surface area contributed by atoms with Crippen LogP contribution >= 0.6 is 11.8 Å². The summed E-state index contributed by atoms with van der Waals surface area (Å²) >= 11 is 1.16. The number of nitrogens with zero attached hydrogens (tertiary/aromatic N) is 1. The van der Waals surface area contributed by atoms with E-state index in [0.29, 0.717) is 23.9 Å². The minimum Gasteiger partial charge on any atom is -0.490 e. The average molecular weight is 380 g/mol.